The van der Waals surface area contributed by atoms with Crippen molar-refractivity contribution in [1.82, 2.24) is 4.98 Å². The van der Waals surface area contributed by atoms with Gasteiger partial charge in [-0.25, -0.2) is 9.37 Å². The van der Waals surface area contributed by atoms with Crippen LogP contribution < -0.4 is 4.74 Å². The summed E-state index contributed by atoms with van der Waals surface area (Å²) >= 11 is 5.45. The number of hydrogen-bond donors (Lipinski definition) is 0. The molecule has 0 aliphatic rings. The zero-order valence-electron chi connectivity index (χ0n) is 6.05. The van der Waals surface area contributed by atoms with E-state index >= 15 is 0 Å². The van der Waals surface area contributed by atoms with E-state index in [-0.39, 0.29) is 17.5 Å². The van der Waals surface area contributed by atoms with Crippen LogP contribution in [0.3, 0.4) is 0 Å². The van der Waals surface area contributed by atoms with Gasteiger partial charge in [0.25, 0.3) is 5.88 Å². The second-order valence-corrected chi connectivity index (χ2v) is 2.37. The van der Waals surface area contributed by atoms with Crippen molar-refractivity contribution < 1.29 is 9.13 Å². The van der Waals surface area contributed by atoms with Gasteiger partial charge in [0.05, 0.1) is 5.02 Å². The molecule has 0 bridgehead atoms. The van der Waals surface area contributed by atoms with E-state index in [4.69, 9.17) is 22.8 Å². The number of rotatable bonds is 2. The first-order valence-corrected chi connectivity index (χ1v) is 3.49. The molecule has 0 spiro atoms. The average molecular weight is 186 g/mol. The molecule has 0 atom stereocenters. The number of ether oxygens (including phenoxy) is 1. The van der Waals surface area contributed by atoms with Gasteiger partial charge >= 0.3 is 0 Å². The van der Waals surface area contributed by atoms with Crippen molar-refractivity contribution in [3.05, 3.63) is 23.1 Å². The number of aromatic nitrogens is 1. The summed E-state index contributed by atoms with van der Waals surface area (Å²) in [6.07, 6.45) is 6.19. The van der Waals surface area contributed by atoms with Gasteiger partial charge < -0.3 is 4.74 Å². The fraction of sp³-hybridized carbons (Fsp3) is 0.125. The van der Waals surface area contributed by atoms with Crippen molar-refractivity contribution in [1.29, 1.82) is 0 Å². The molecule has 2 nitrogen and oxygen atoms in total. The van der Waals surface area contributed by atoms with E-state index in [2.05, 4.69) is 10.9 Å². The van der Waals surface area contributed by atoms with Gasteiger partial charge in [0, 0.05) is 6.20 Å². The molecule has 0 aliphatic carbocycles. The van der Waals surface area contributed by atoms with Crippen LogP contribution in [0.15, 0.2) is 12.3 Å². The summed E-state index contributed by atoms with van der Waals surface area (Å²) in [5.41, 5.74) is 0. The fourth-order valence-electron chi connectivity index (χ4n) is 0.618. The van der Waals surface area contributed by atoms with E-state index in [0.29, 0.717) is 0 Å². The molecule has 0 aliphatic heterocycles. The van der Waals surface area contributed by atoms with E-state index < -0.39 is 5.82 Å². The first-order valence-electron chi connectivity index (χ1n) is 3.11. The predicted molar refractivity (Wildman–Crippen MR) is 43.5 cm³/mol. The Morgan fingerprint density at radius 3 is 3.08 bits per heavy atom. The second-order valence-electron chi connectivity index (χ2n) is 1.93. The highest BCUT2D eigenvalue weighted by molar-refractivity contribution is 6.30. The van der Waals surface area contributed by atoms with Gasteiger partial charge in [-0.1, -0.05) is 17.5 Å². The monoisotopic (exact) mass is 185 g/mol. The minimum absolute atomic E-state index is 0.00838. The van der Waals surface area contributed by atoms with E-state index in [1.165, 1.54) is 6.20 Å². The Balaban J connectivity index is 2.81. The molecule has 1 rings (SSSR count). The number of pyridine rings is 1. The summed E-state index contributed by atoms with van der Waals surface area (Å²) in [6, 6.07) is 1.11. The molecule has 0 fully saturated rings. The number of nitrogens with zero attached hydrogens (tertiary/aromatic N) is 1. The van der Waals surface area contributed by atoms with Crippen LogP contribution >= 0.6 is 11.6 Å². The fourth-order valence-corrected chi connectivity index (χ4v) is 0.763. The molecule has 0 saturated heterocycles. The van der Waals surface area contributed by atoms with Crippen LogP contribution in [0, 0.1) is 18.2 Å². The maximum absolute atomic E-state index is 12.8. The molecular formula is C8H5ClFNO. The van der Waals surface area contributed by atoms with Crippen LogP contribution in [0.5, 0.6) is 5.88 Å². The standard InChI is InChI=1S/C8H5ClFNO/c1-2-3-12-8-7(10)4-6(9)5-11-8/h1,4-5H,3H2. The SMILES string of the molecule is C#CCOc1ncc(Cl)cc1F. The Kier molecular flexibility index (Phi) is 2.89. The van der Waals surface area contributed by atoms with Crippen molar-refractivity contribution >= 4 is 11.6 Å². The van der Waals surface area contributed by atoms with Gasteiger partial charge in [-0.15, -0.1) is 6.42 Å². The summed E-state index contributed by atoms with van der Waals surface area (Å²) in [5.74, 6) is 1.46. The molecule has 0 amide bonds. The largest absolute Gasteiger partial charge is 0.462 e. The lowest BCUT2D eigenvalue weighted by Crippen LogP contribution is -1.98. The molecule has 62 valence electrons. The van der Waals surface area contributed by atoms with Crippen molar-refractivity contribution in [3.8, 4) is 18.2 Å². The Labute approximate surface area is 74.3 Å². The van der Waals surface area contributed by atoms with Crippen molar-refractivity contribution in [2.45, 2.75) is 0 Å². The van der Waals surface area contributed by atoms with E-state index in [0.717, 1.165) is 6.07 Å². The third-order valence-electron chi connectivity index (χ3n) is 1.07. The van der Waals surface area contributed by atoms with Gasteiger partial charge in [0.2, 0.25) is 0 Å². The maximum Gasteiger partial charge on any atom is 0.251 e. The average Bonchev–Trinajstić information content (AvgIpc) is 2.03. The Morgan fingerprint density at radius 1 is 1.75 bits per heavy atom. The molecule has 0 unspecified atom stereocenters. The van der Waals surface area contributed by atoms with Crippen LogP contribution in [0.1, 0.15) is 0 Å². The molecule has 1 aromatic rings. The highest BCUT2D eigenvalue weighted by Crippen LogP contribution is 2.16. The van der Waals surface area contributed by atoms with Crippen molar-refractivity contribution in [3.63, 3.8) is 0 Å². The third kappa shape index (κ3) is 2.11. The number of halogens is 2. The van der Waals surface area contributed by atoms with Crippen molar-refractivity contribution in [2.24, 2.45) is 0 Å². The van der Waals surface area contributed by atoms with Crippen LogP contribution in [-0.2, 0) is 0 Å². The molecule has 0 N–H and O–H groups in total. The Hall–Kier alpha value is -1.27. The molecule has 4 heteroatoms. The highest BCUT2D eigenvalue weighted by atomic mass is 35.5. The molecule has 1 heterocycles. The normalized spacial score (nSPS) is 9.08. The Bertz CT molecular complexity index is 321. The summed E-state index contributed by atoms with van der Waals surface area (Å²) in [4.78, 5) is 3.59. The predicted octanol–water partition coefficient (Wildman–Crippen LogP) is 1.89. The van der Waals surface area contributed by atoms with Crippen molar-refractivity contribution in [2.75, 3.05) is 6.61 Å². The van der Waals surface area contributed by atoms with Crippen LogP contribution in [0.4, 0.5) is 4.39 Å². The third-order valence-corrected chi connectivity index (χ3v) is 1.27. The van der Waals surface area contributed by atoms with Gasteiger partial charge in [0.15, 0.2) is 12.4 Å². The van der Waals surface area contributed by atoms with Crippen LogP contribution in [0.25, 0.3) is 0 Å². The lowest BCUT2D eigenvalue weighted by molar-refractivity contribution is 0.332. The van der Waals surface area contributed by atoms with E-state index in [9.17, 15) is 4.39 Å². The number of hydrogen-bond acceptors (Lipinski definition) is 2. The zero-order valence-corrected chi connectivity index (χ0v) is 6.81. The Morgan fingerprint density at radius 2 is 2.50 bits per heavy atom. The minimum Gasteiger partial charge on any atom is -0.462 e. The molecule has 0 saturated carbocycles. The van der Waals surface area contributed by atoms with Crippen LogP contribution in [0.2, 0.25) is 5.02 Å². The van der Waals surface area contributed by atoms with Gasteiger partial charge in [-0.3, -0.25) is 0 Å². The molecule has 1 aromatic heterocycles. The highest BCUT2D eigenvalue weighted by Gasteiger charge is 2.04. The molecule has 12 heavy (non-hydrogen) atoms. The van der Waals surface area contributed by atoms with E-state index in [1.807, 2.05) is 0 Å². The minimum atomic E-state index is -0.613. The molecule has 0 radical (unpaired) electrons. The molecular weight excluding hydrogens is 181 g/mol. The van der Waals surface area contributed by atoms with Gasteiger partial charge in [-0.05, 0) is 6.07 Å². The first kappa shape index (κ1) is 8.82. The summed E-state index contributed by atoms with van der Waals surface area (Å²) in [5, 5.41) is 0.223. The summed E-state index contributed by atoms with van der Waals surface area (Å²) < 4.78 is 17.6. The van der Waals surface area contributed by atoms with E-state index in [1.54, 1.807) is 0 Å². The zero-order chi connectivity index (χ0) is 8.97. The van der Waals surface area contributed by atoms with Gasteiger partial charge in [-0.2, -0.15) is 0 Å². The lowest BCUT2D eigenvalue weighted by atomic mass is 10.4. The first-order chi connectivity index (χ1) is 5.74. The topological polar surface area (TPSA) is 22.1 Å². The smallest absolute Gasteiger partial charge is 0.251 e. The summed E-state index contributed by atoms with van der Waals surface area (Å²) in [7, 11) is 0. The maximum atomic E-state index is 12.8. The number of terminal acetylenes is 1. The molecule has 0 aromatic carbocycles. The van der Waals surface area contributed by atoms with Gasteiger partial charge in [0.1, 0.15) is 0 Å². The van der Waals surface area contributed by atoms with Crippen LogP contribution in [-0.4, -0.2) is 11.6 Å². The summed E-state index contributed by atoms with van der Waals surface area (Å²) in [6.45, 7) is -0.00838. The quantitative estimate of drug-likeness (QED) is 0.657. The second kappa shape index (κ2) is 3.93. The lowest BCUT2D eigenvalue weighted by Gasteiger charge is -2.01.